The summed E-state index contributed by atoms with van der Waals surface area (Å²) in [6.45, 7) is 1.18. The van der Waals surface area contributed by atoms with E-state index >= 15 is 0 Å². The zero-order valence-corrected chi connectivity index (χ0v) is 17.5. The standard InChI is InChI=1S/C15H15N3O2.C7H13N3/c1-17-9-11(16-10-17)5-4-8-18-14(19)12-6-2-3-7-13(12)15(18)20;1-10-5-7(9-6-10)3-2-4-8/h2-3,6-7,9-10H,4-5,8H2,1H3;5-6H,2-4,8H2,1H3. The summed E-state index contributed by atoms with van der Waals surface area (Å²) in [4.78, 5) is 34.0. The number of carbonyl (C=O) groups excluding carboxylic acids is 2. The minimum absolute atomic E-state index is 0.188. The van der Waals surface area contributed by atoms with Crippen molar-refractivity contribution in [3.05, 3.63) is 71.8 Å². The molecule has 2 amide bonds. The van der Waals surface area contributed by atoms with E-state index in [0.29, 0.717) is 17.7 Å². The molecule has 8 nitrogen and oxygen atoms in total. The van der Waals surface area contributed by atoms with E-state index in [9.17, 15) is 9.59 Å². The molecule has 1 aliphatic heterocycles. The van der Waals surface area contributed by atoms with Crippen LogP contribution < -0.4 is 5.73 Å². The zero-order valence-electron chi connectivity index (χ0n) is 17.5. The van der Waals surface area contributed by atoms with Crippen molar-refractivity contribution in [2.24, 2.45) is 19.8 Å². The number of imidazole rings is 2. The van der Waals surface area contributed by atoms with Gasteiger partial charge in [0.1, 0.15) is 0 Å². The number of imide groups is 1. The van der Waals surface area contributed by atoms with E-state index in [1.165, 1.54) is 4.90 Å². The van der Waals surface area contributed by atoms with Gasteiger partial charge in [-0.1, -0.05) is 12.1 Å². The van der Waals surface area contributed by atoms with Crippen molar-refractivity contribution >= 4 is 11.8 Å². The quantitative estimate of drug-likeness (QED) is 0.603. The fourth-order valence-corrected chi connectivity index (χ4v) is 3.34. The Morgan fingerprint density at radius 2 is 1.33 bits per heavy atom. The number of amides is 2. The van der Waals surface area contributed by atoms with Crippen LogP contribution in [0.25, 0.3) is 0 Å². The van der Waals surface area contributed by atoms with Crippen LogP contribution in [0.5, 0.6) is 0 Å². The molecule has 3 heterocycles. The summed E-state index contributed by atoms with van der Waals surface area (Å²) in [6.07, 6.45) is 11.0. The Labute approximate surface area is 176 Å². The third-order valence-corrected chi connectivity index (χ3v) is 4.85. The highest BCUT2D eigenvalue weighted by atomic mass is 16.2. The lowest BCUT2D eigenvalue weighted by atomic mass is 10.1. The number of benzene rings is 1. The Hall–Kier alpha value is -3.26. The van der Waals surface area contributed by atoms with Crippen molar-refractivity contribution in [3.8, 4) is 0 Å². The first kappa shape index (κ1) is 21.4. The summed E-state index contributed by atoms with van der Waals surface area (Å²) in [5, 5.41) is 0. The van der Waals surface area contributed by atoms with Gasteiger partial charge in [-0.3, -0.25) is 14.5 Å². The Morgan fingerprint density at radius 3 is 1.77 bits per heavy atom. The largest absolute Gasteiger partial charge is 0.340 e. The second-order valence-corrected chi connectivity index (χ2v) is 7.36. The third kappa shape index (κ3) is 5.21. The third-order valence-electron chi connectivity index (χ3n) is 4.85. The van der Waals surface area contributed by atoms with Gasteiger partial charge in [0, 0.05) is 33.0 Å². The van der Waals surface area contributed by atoms with Crippen LogP contribution in [0.15, 0.2) is 49.3 Å². The predicted molar refractivity (Wildman–Crippen MR) is 114 cm³/mol. The van der Waals surface area contributed by atoms with Gasteiger partial charge in [-0.05, 0) is 44.4 Å². The highest BCUT2D eigenvalue weighted by Crippen LogP contribution is 2.22. The van der Waals surface area contributed by atoms with Gasteiger partial charge in [0.2, 0.25) is 0 Å². The van der Waals surface area contributed by atoms with Gasteiger partial charge >= 0.3 is 0 Å². The van der Waals surface area contributed by atoms with E-state index in [1.807, 2.05) is 42.0 Å². The van der Waals surface area contributed by atoms with E-state index < -0.39 is 0 Å². The van der Waals surface area contributed by atoms with Crippen LogP contribution in [0.1, 0.15) is 44.9 Å². The number of fused-ring (bicyclic) bond motifs is 1. The topological polar surface area (TPSA) is 99.0 Å². The molecule has 1 aromatic carbocycles. The van der Waals surface area contributed by atoms with E-state index in [-0.39, 0.29) is 11.8 Å². The number of rotatable bonds is 7. The molecule has 0 radical (unpaired) electrons. The smallest absolute Gasteiger partial charge is 0.261 e. The number of aryl methyl sites for hydroxylation is 4. The van der Waals surface area contributed by atoms with E-state index in [0.717, 1.165) is 43.6 Å². The second kappa shape index (κ2) is 9.98. The minimum atomic E-state index is -0.188. The molecule has 0 saturated heterocycles. The van der Waals surface area contributed by atoms with Crippen LogP contribution >= 0.6 is 0 Å². The van der Waals surface area contributed by atoms with Crippen molar-refractivity contribution < 1.29 is 9.59 Å². The van der Waals surface area contributed by atoms with Gasteiger partial charge in [-0.25, -0.2) is 9.97 Å². The maximum absolute atomic E-state index is 12.1. The lowest BCUT2D eigenvalue weighted by molar-refractivity contribution is 0.0652. The molecule has 0 fully saturated rings. The average Bonchev–Trinajstić information content (AvgIpc) is 3.42. The van der Waals surface area contributed by atoms with Gasteiger partial charge in [0.15, 0.2) is 0 Å². The summed E-state index contributed by atoms with van der Waals surface area (Å²) in [5.41, 5.74) is 8.48. The molecule has 0 saturated carbocycles. The monoisotopic (exact) mass is 408 g/mol. The number of hydrogen-bond donors (Lipinski definition) is 1. The lowest BCUT2D eigenvalue weighted by Gasteiger charge is -2.12. The highest BCUT2D eigenvalue weighted by Gasteiger charge is 2.34. The molecular formula is C22H28N6O2. The molecule has 30 heavy (non-hydrogen) atoms. The van der Waals surface area contributed by atoms with E-state index in [4.69, 9.17) is 5.73 Å². The summed E-state index contributed by atoms with van der Waals surface area (Å²) >= 11 is 0. The molecule has 8 heteroatoms. The van der Waals surface area contributed by atoms with Gasteiger partial charge in [-0.15, -0.1) is 0 Å². The number of nitrogens with two attached hydrogens (primary N) is 1. The van der Waals surface area contributed by atoms with Gasteiger partial charge in [-0.2, -0.15) is 0 Å². The van der Waals surface area contributed by atoms with Crippen LogP contribution in [0, 0.1) is 0 Å². The van der Waals surface area contributed by atoms with Gasteiger partial charge in [0.25, 0.3) is 11.8 Å². The van der Waals surface area contributed by atoms with Crippen molar-refractivity contribution in [1.29, 1.82) is 0 Å². The van der Waals surface area contributed by atoms with E-state index in [1.54, 1.807) is 30.6 Å². The van der Waals surface area contributed by atoms with Crippen molar-refractivity contribution in [1.82, 2.24) is 24.0 Å². The fraction of sp³-hybridized carbons (Fsp3) is 0.364. The molecule has 2 N–H and O–H groups in total. The van der Waals surface area contributed by atoms with Crippen LogP contribution in [0.4, 0.5) is 0 Å². The van der Waals surface area contributed by atoms with Gasteiger partial charge < -0.3 is 14.9 Å². The molecule has 1 aliphatic rings. The molecule has 3 aromatic rings. The highest BCUT2D eigenvalue weighted by molar-refractivity contribution is 6.21. The predicted octanol–water partition coefficient (Wildman–Crippen LogP) is 1.96. The summed E-state index contributed by atoms with van der Waals surface area (Å²) < 4.78 is 3.84. The molecule has 4 rings (SSSR count). The van der Waals surface area contributed by atoms with Crippen molar-refractivity contribution in [2.75, 3.05) is 13.1 Å². The SMILES string of the molecule is Cn1cnc(CCCN)c1.Cn1cnc(CCCN2C(=O)c3ccccc3C2=O)c1. The van der Waals surface area contributed by atoms with Crippen LogP contribution in [0.3, 0.4) is 0 Å². The zero-order chi connectivity index (χ0) is 21.5. The molecule has 0 atom stereocenters. The number of nitrogens with zero attached hydrogens (tertiary/aromatic N) is 5. The molecule has 0 bridgehead atoms. The van der Waals surface area contributed by atoms with Crippen LogP contribution in [0.2, 0.25) is 0 Å². The molecule has 0 aliphatic carbocycles. The first-order valence-corrected chi connectivity index (χ1v) is 10.1. The minimum Gasteiger partial charge on any atom is -0.340 e. The number of hydrogen-bond acceptors (Lipinski definition) is 5. The fourth-order valence-electron chi connectivity index (χ4n) is 3.34. The van der Waals surface area contributed by atoms with Gasteiger partial charge in [0.05, 0.1) is 35.2 Å². The number of aromatic nitrogens is 4. The molecule has 0 spiro atoms. The summed E-state index contributed by atoms with van der Waals surface area (Å²) in [5.74, 6) is -0.377. The first-order chi connectivity index (χ1) is 14.5. The normalized spacial score (nSPS) is 12.7. The van der Waals surface area contributed by atoms with Crippen molar-refractivity contribution in [2.45, 2.75) is 25.7 Å². The van der Waals surface area contributed by atoms with Crippen LogP contribution in [-0.4, -0.2) is 48.9 Å². The summed E-state index contributed by atoms with van der Waals surface area (Å²) in [6, 6.07) is 6.96. The Morgan fingerprint density at radius 1 is 0.833 bits per heavy atom. The Bertz CT molecular complexity index is 971. The van der Waals surface area contributed by atoms with E-state index in [2.05, 4.69) is 9.97 Å². The number of carbonyl (C=O) groups is 2. The summed E-state index contributed by atoms with van der Waals surface area (Å²) in [7, 11) is 3.89. The first-order valence-electron chi connectivity index (χ1n) is 10.1. The lowest BCUT2D eigenvalue weighted by Crippen LogP contribution is -2.30. The maximum atomic E-state index is 12.1. The molecule has 158 valence electrons. The van der Waals surface area contributed by atoms with Crippen LogP contribution in [-0.2, 0) is 26.9 Å². The Balaban J connectivity index is 0.000000216. The van der Waals surface area contributed by atoms with Crippen molar-refractivity contribution in [3.63, 3.8) is 0 Å². The maximum Gasteiger partial charge on any atom is 0.261 e. The average molecular weight is 409 g/mol. The second-order valence-electron chi connectivity index (χ2n) is 7.36. The molecular weight excluding hydrogens is 380 g/mol. The molecule has 2 aromatic heterocycles. The Kier molecular flexibility index (Phi) is 7.13. The molecule has 0 unspecified atom stereocenters.